The van der Waals surface area contributed by atoms with Gasteiger partial charge in [0.1, 0.15) is 0 Å². The zero-order valence-corrected chi connectivity index (χ0v) is 16.3. The molecular weight excluding hydrogens is 342 g/mol. The molecule has 27 heavy (non-hydrogen) atoms. The highest BCUT2D eigenvalue weighted by Gasteiger charge is 2.29. The van der Waals surface area contributed by atoms with Gasteiger partial charge in [-0.05, 0) is 37.5 Å². The van der Waals surface area contributed by atoms with E-state index in [0.717, 1.165) is 31.0 Å². The zero-order chi connectivity index (χ0) is 19.3. The number of nitrogens with zero attached hydrogens (tertiary/aromatic N) is 5. The summed E-state index contributed by atoms with van der Waals surface area (Å²) >= 11 is 0. The summed E-state index contributed by atoms with van der Waals surface area (Å²) in [6.45, 7) is 8.13. The summed E-state index contributed by atoms with van der Waals surface area (Å²) in [7, 11) is 1.69. The van der Waals surface area contributed by atoms with E-state index in [1.165, 1.54) is 20.3 Å². The zero-order valence-electron chi connectivity index (χ0n) is 16.3. The van der Waals surface area contributed by atoms with Gasteiger partial charge in [-0.25, -0.2) is 4.79 Å². The molecular formula is C20H25N5O2. The molecule has 0 saturated carbocycles. The summed E-state index contributed by atoms with van der Waals surface area (Å²) in [6, 6.07) is 6.21. The van der Waals surface area contributed by atoms with Crippen LogP contribution < -0.4 is 16.1 Å². The molecule has 1 aliphatic rings. The summed E-state index contributed by atoms with van der Waals surface area (Å²) in [5.74, 6) is 0.735. The van der Waals surface area contributed by atoms with E-state index >= 15 is 0 Å². The number of anilines is 2. The molecule has 0 atom stereocenters. The quantitative estimate of drug-likeness (QED) is 0.711. The normalized spacial score (nSPS) is 13.6. The molecule has 0 fully saturated rings. The number of benzene rings is 1. The van der Waals surface area contributed by atoms with Crippen molar-refractivity contribution in [1.82, 2.24) is 18.7 Å². The van der Waals surface area contributed by atoms with Gasteiger partial charge < -0.3 is 9.47 Å². The number of rotatable bonds is 4. The van der Waals surface area contributed by atoms with E-state index < -0.39 is 0 Å². The summed E-state index contributed by atoms with van der Waals surface area (Å²) in [5, 5.41) is 0. The Balaban J connectivity index is 1.94. The van der Waals surface area contributed by atoms with Crippen LogP contribution in [-0.4, -0.2) is 25.2 Å². The molecule has 2 aromatic heterocycles. The second-order valence-electron chi connectivity index (χ2n) is 7.26. The van der Waals surface area contributed by atoms with Crippen LogP contribution in [0.15, 0.2) is 27.8 Å². The molecule has 0 aliphatic carbocycles. The van der Waals surface area contributed by atoms with Crippen molar-refractivity contribution >= 4 is 22.8 Å². The minimum atomic E-state index is -0.295. The second kappa shape index (κ2) is 6.40. The van der Waals surface area contributed by atoms with E-state index in [1.807, 2.05) is 17.6 Å². The monoisotopic (exact) mass is 367 g/mol. The molecule has 142 valence electrons. The van der Waals surface area contributed by atoms with Crippen LogP contribution in [0, 0.1) is 13.8 Å². The predicted octanol–water partition coefficient (Wildman–Crippen LogP) is 2.47. The maximum absolute atomic E-state index is 13.1. The molecule has 4 rings (SSSR count). The van der Waals surface area contributed by atoms with Crippen LogP contribution in [0.1, 0.15) is 30.9 Å². The number of aryl methyl sites for hydroxylation is 2. The van der Waals surface area contributed by atoms with Gasteiger partial charge in [-0.3, -0.25) is 13.9 Å². The highest BCUT2D eigenvalue weighted by atomic mass is 16.2. The Morgan fingerprint density at radius 1 is 1.15 bits per heavy atom. The van der Waals surface area contributed by atoms with Gasteiger partial charge in [-0.15, -0.1) is 0 Å². The first-order valence-electron chi connectivity index (χ1n) is 9.49. The van der Waals surface area contributed by atoms with E-state index in [9.17, 15) is 9.59 Å². The Morgan fingerprint density at radius 3 is 2.67 bits per heavy atom. The molecule has 0 unspecified atom stereocenters. The van der Waals surface area contributed by atoms with Crippen molar-refractivity contribution in [3.8, 4) is 0 Å². The topological polar surface area (TPSA) is 65.1 Å². The summed E-state index contributed by atoms with van der Waals surface area (Å²) in [5.41, 5.74) is 3.97. The first-order chi connectivity index (χ1) is 13.0. The Bertz CT molecular complexity index is 1150. The van der Waals surface area contributed by atoms with Crippen molar-refractivity contribution in [1.29, 1.82) is 0 Å². The highest BCUT2D eigenvalue weighted by Crippen LogP contribution is 2.34. The van der Waals surface area contributed by atoms with Crippen molar-refractivity contribution in [3.05, 3.63) is 50.2 Å². The van der Waals surface area contributed by atoms with Crippen molar-refractivity contribution in [3.63, 3.8) is 0 Å². The van der Waals surface area contributed by atoms with Gasteiger partial charge in [0.2, 0.25) is 5.95 Å². The fraction of sp³-hybridized carbons (Fsp3) is 0.450. The van der Waals surface area contributed by atoms with Gasteiger partial charge in [0.05, 0.1) is 0 Å². The van der Waals surface area contributed by atoms with Crippen molar-refractivity contribution in [2.45, 2.75) is 46.7 Å². The molecule has 0 amide bonds. The largest absolute Gasteiger partial charge is 0.332 e. The molecule has 1 aliphatic heterocycles. The van der Waals surface area contributed by atoms with E-state index in [-0.39, 0.29) is 11.2 Å². The Labute approximate surface area is 157 Å². The molecule has 0 saturated heterocycles. The van der Waals surface area contributed by atoms with Crippen LogP contribution in [0.5, 0.6) is 0 Å². The van der Waals surface area contributed by atoms with E-state index in [0.29, 0.717) is 24.3 Å². The standard InChI is InChI=1S/C20H25N5O2/c1-5-6-10-25-18(26)16-17(22(4)20(25)27)21-19-23(11-12-24(16)19)15-9-7-8-13(2)14(15)3/h7-9H,5-6,10-12H2,1-4H3. The number of unbranched alkanes of at least 4 members (excludes halogenated alkanes) is 1. The van der Waals surface area contributed by atoms with E-state index in [1.54, 1.807) is 7.05 Å². The van der Waals surface area contributed by atoms with Gasteiger partial charge in [-0.2, -0.15) is 4.98 Å². The smallest absolute Gasteiger partial charge is 0.310 e. The van der Waals surface area contributed by atoms with E-state index in [4.69, 9.17) is 4.98 Å². The second-order valence-corrected chi connectivity index (χ2v) is 7.26. The summed E-state index contributed by atoms with van der Waals surface area (Å²) in [4.78, 5) is 32.6. The molecule has 7 nitrogen and oxygen atoms in total. The lowest BCUT2D eigenvalue weighted by Crippen LogP contribution is -2.39. The maximum atomic E-state index is 13.1. The average molecular weight is 367 g/mol. The fourth-order valence-electron chi connectivity index (χ4n) is 3.85. The molecule has 0 spiro atoms. The minimum absolute atomic E-state index is 0.233. The Morgan fingerprint density at radius 2 is 1.93 bits per heavy atom. The maximum Gasteiger partial charge on any atom is 0.332 e. The lowest BCUT2D eigenvalue weighted by molar-refractivity contribution is 0.564. The fourth-order valence-corrected chi connectivity index (χ4v) is 3.85. The van der Waals surface area contributed by atoms with Gasteiger partial charge in [0, 0.05) is 32.4 Å². The van der Waals surface area contributed by atoms with Gasteiger partial charge in [0.25, 0.3) is 5.56 Å². The Kier molecular flexibility index (Phi) is 4.17. The molecule has 0 bridgehead atoms. The number of aromatic nitrogens is 4. The van der Waals surface area contributed by atoms with Gasteiger partial charge in [-0.1, -0.05) is 25.5 Å². The van der Waals surface area contributed by atoms with Crippen LogP contribution in [-0.2, 0) is 20.1 Å². The van der Waals surface area contributed by atoms with Crippen molar-refractivity contribution in [2.75, 3.05) is 11.4 Å². The third-order valence-electron chi connectivity index (χ3n) is 5.60. The number of fused-ring (bicyclic) bond motifs is 3. The number of imidazole rings is 1. The average Bonchev–Trinajstić information content (AvgIpc) is 3.21. The van der Waals surface area contributed by atoms with Crippen LogP contribution in [0.2, 0.25) is 0 Å². The molecule has 3 heterocycles. The Hall–Kier alpha value is -2.83. The first kappa shape index (κ1) is 17.6. The predicted molar refractivity (Wildman–Crippen MR) is 107 cm³/mol. The van der Waals surface area contributed by atoms with Crippen molar-refractivity contribution in [2.24, 2.45) is 7.05 Å². The number of hydrogen-bond donors (Lipinski definition) is 0. The van der Waals surface area contributed by atoms with Gasteiger partial charge in [0.15, 0.2) is 11.2 Å². The molecule has 0 N–H and O–H groups in total. The van der Waals surface area contributed by atoms with Gasteiger partial charge >= 0.3 is 5.69 Å². The molecule has 7 heteroatoms. The summed E-state index contributed by atoms with van der Waals surface area (Å²) in [6.07, 6.45) is 1.73. The van der Waals surface area contributed by atoms with Crippen LogP contribution >= 0.6 is 0 Å². The first-order valence-corrected chi connectivity index (χ1v) is 9.49. The SMILES string of the molecule is CCCCn1c(=O)c2c(nc3n2CCN3c2cccc(C)c2C)n(C)c1=O. The highest BCUT2D eigenvalue weighted by molar-refractivity contribution is 5.78. The molecule has 0 radical (unpaired) electrons. The number of hydrogen-bond acceptors (Lipinski definition) is 4. The molecule has 3 aromatic rings. The third kappa shape index (κ3) is 2.52. The third-order valence-corrected chi connectivity index (χ3v) is 5.60. The van der Waals surface area contributed by atoms with Crippen LogP contribution in [0.3, 0.4) is 0 Å². The van der Waals surface area contributed by atoms with Crippen molar-refractivity contribution < 1.29 is 0 Å². The van der Waals surface area contributed by atoms with E-state index in [2.05, 4.69) is 30.9 Å². The summed E-state index contributed by atoms with van der Waals surface area (Å²) < 4.78 is 4.81. The lowest BCUT2D eigenvalue weighted by Gasteiger charge is -2.19. The van der Waals surface area contributed by atoms with Crippen LogP contribution in [0.25, 0.3) is 11.2 Å². The lowest BCUT2D eigenvalue weighted by atomic mass is 10.1. The minimum Gasteiger partial charge on any atom is -0.310 e. The molecule has 1 aromatic carbocycles. The van der Waals surface area contributed by atoms with Crippen LogP contribution in [0.4, 0.5) is 11.6 Å².